The standard InChI is InChI=1S/C10H15NOS/c1-10(2,11(3)4)9(12)8-5-6-13-7-8/h5-7H,1-4H3. The number of Topliss-reactive ketones (excluding diaryl/α,β-unsaturated/α-hetero) is 1. The van der Waals surface area contributed by atoms with E-state index in [4.69, 9.17) is 0 Å². The molecular weight excluding hydrogens is 182 g/mol. The van der Waals surface area contributed by atoms with Crippen LogP contribution in [0.3, 0.4) is 0 Å². The summed E-state index contributed by atoms with van der Waals surface area (Å²) in [6.45, 7) is 3.88. The van der Waals surface area contributed by atoms with Crippen molar-refractivity contribution >= 4 is 17.1 Å². The molecule has 2 nitrogen and oxygen atoms in total. The van der Waals surface area contributed by atoms with Crippen LogP contribution in [-0.2, 0) is 0 Å². The smallest absolute Gasteiger partial charge is 0.183 e. The minimum Gasteiger partial charge on any atom is -0.297 e. The largest absolute Gasteiger partial charge is 0.297 e. The maximum atomic E-state index is 11.9. The number of ketones is 1. The number of hydrogen-bond acceptors (Lipinski definition) is 3. The van der Waals surface area contributed by atoms with E-state index < -0.39 is 5.54 Å². The van der Waals surface area contributed by atoms with Gasteiger partial charge in [0, 0.05) is 10.9 Å². The molecule has 0 aromatic carbocycles. The quantitative estimate of drug-likeness (QED) is 0.693. The third-order valence-electron chi connectivity index (χ3n) is 2.46. The number of rotatable bonds is 3. The van der Waals surface area contributed by atoms with Crippen molar-refractivity contribution < 1.29 is 4.79 Å². The zero-order chi connectivity index (χ0) is 10.1. The van der Waals surface area contributed by atoms with Gasteiger partial charge in [0.05, 0.1) is 5.54 Å². The van der Waals surface area contributed by atoms with Crippen LogP contribution in [-0.4, -0.2) is 30.3 Å². The molecule has 0 N–H and O–H groups in total. The van der Waals surface area contributed by atoms with Gasteiger partial charge >= 0.3 is 0 Å². The SMILES string of the molecule is CN(C)C(C)(C)C(=O)c1ccsc1. The topological polar surface area (TPSA) is 20.3 Å². The molecule has 3 heteroatoms. The highest BCUT2D eigenvalue weighted by atomic mass is 32.1. The Kier molecular flexibility index (Phi) is 2.88. The molecule has 13 heavy (non-hydrogen) atoms. The van der Waals surface area contributed by atoms with Gasteiger partial charge in [0.2, 0.25) is 0 Å². The highest BCUT2D eigenvalue weighted by Crippen LogP contribution is 2.19. The lowest BCUT2D eigenvalue weighted by atomic mass is 9.94. The Labute approximate surface area is 83.2 Å². The van der Waals surface area contributed by atoms with Crippen LogP contribution in [0.1, 0.15) is 24.2 Å². The molecule has 1 rings (SSSR count). The molecule has 0 atom stereocenters. The Morgan fingerprint density at radius 1 is 1.46 bits per heavy atom. The van der Waals surface area contributed by atoms with Gasteiger partial charge in [0.25, 0.3) is 0 Å². The molecule has 72 valence electrons. The summed E-state index contributed by atoms with van der Waals surface area (Å²) in [5.74, 6) is 0.179. The summed E-state index contributed by atoms with van der Waals surface area (Å²) in [6.07, 6.45) is 0. The average molecular weight is 197 g/mol. The molecule has 0 spiro atoms. The molecule has 0 saturated heterocycles. The van der Waals surface area contributed by atoms with E-state index in [1.165, 1.54) is 0 Å². The molecule has 1 aromatic rings. The summed E-state index contributed by atoms with van der Waals surface area (Å²) in [7, 11) is 3.84. The summed E-state index contributed by atoms with van der Waals surface area (Å²) >= 11 is 1.56. The van der Waals surface area contributed by atoms with Crippen LogP contribution in [0, 0.1) is 0 Å². The van der Waals surface area contributed by atoms with Gasteiger partial charge in [-0.15, -0.1) is 0 Å². The lowest BCUT2D eigenvalue weighted by Crippen LogP contribution is -2.45. The zero-order valence-corrected chi connectivity index (χ0v) is 9.31. The minimum absolute atomic E-state index is 0.179. The molecular formula is C10H15NOS. The monoisotopic (exact) mass is 197 g/mol. The van der Waals surface area contributed by atoms with E-state index in [-0.39, 0.29) is 5.78 Å². The molecule has 1 aromatic heterocycles. The van der Waals surface area contributed by atoms with Gasteiger partial charge in [-0.25, -0.2) is 0 Å². The molecule has 0 radical (unpaired) electrons. The van der Waals surface area contributed by atoms with Gasteiger partial charge < -0.3 is 0 Å². The van der Waals surface area contributed by atoms with Gasteiger partial charge in [0.15, 0.2) is 5.78 Å². The van der Waals surface area contributed by atoms with Crippen molar-refractivity contribution in [3.63, 3.8) is 0 Å². The lowest BCUT2D eigenvalue weighted by molar-refractivity contribution is 0.0756. The fraction of sp³-hybridized carbons (Fsp3) is 0.500. The van der Waals surface area contributed by atoms with Crippen molar-refractivity contribution in [3.8, 4) is 0 Å². The number of likely N-dealkylation sites (N-methyl/N-ethyl adjacent to an activating group) is 1. The van der Waals surface area contributed by atoms with Gasteiger partial charge in [-0.1, -0.05) is 0 Å². The normalized spacial score (nSPS) is 12.1. The van der Waals surface area contributed by atoms with E-state index in [0.717, 1.165) is 5.56 Å². The van der Waals surface area contributed by atoms with Gasteiger partial charge in [0.1, 0.15) is 0 Å². The van der Waals surface area contributed by atoms with Crippen molar-refractivity contribution in [2.75, 3.05) is 14.1 Å². The summed E-state index contributed by atoms with van der Waals surface area (Å²) < 4.78 is 0. The summed E-state index contributed by atoms with van der Waals surface area (Å²) in [5, 5.41) is 3.83. The number of carbonyl (C=O) groups excluding carboxylic acids is 1. The maximum absolute atomic E-state index is 11.9. The molecule has 0 aliphatic rings. The van der Waals surface area contributed by atoms with Crippen molar-refractivity contribution in [1.82, 2.24) is 4.90 Å². The molecule has 0 unspecified atom stereocenters. The van der Waals surface area contributed by atoms with E-state index in [9.17, 15) is 4.79 Å². The first-order valence-corrected chi connectivity index (χ1v) is 5.15. The minimum atomic E-state index is -0.416. The van der Waals surface area contributed by atoms with E-state index in [1.807, 2.05) is 49.7 Å². The van der Waals surface area contributed by atoms with Crippen molar-refractivity contribution in [2.24, 2.45) is 0 Å². The molecule has 0 aliphatic heterocycles. The van der Waals surface area contributed by atoms with E-state index in [0.29, 0.717) is 0 Å². The molecule has 0 fully saturated rings. The van der Waals surface area contributed by atoms with Crippen LogP contribution in [0.15, 0.2) is 16.8 Å². The molecule has 0 amide bonds. The molecule has 0 aliphatic carbocycles. The van der Waals surface area contributed by atoms with E-state index in [2.05, 4.69) is 0 Å². The summed E-state index contributed by atoms with van der Waals surface area (Å²) in [5.41, 5.74) is 0.393. The van der Waals surface area contributed by atoms with Crippen molar-refractivity contribution in [2.45, 2.75) is 19.4 Å². The first kappa shape index (κ1) is 10.4. The van der Waals surface area contributed by atoms with Gasteiger partial charge in [-0.2, -0.15) is 11.3 Å². The van der Waals surface area contributed by atoms with Gasteiger partial charge in [-0.3, -0.25) is 9.69 Å². The van der Waals surface area contributed by atoms with Crippen LogP contribution in [0.5, 0.6) is 0 Å². The second kappa shape index (κ2) is 3.60. The number of thiophene rings is 1. The van der Waals surface area contributed by atoms with E-state index in [1.54, 1.807) is 11.3 Å². The third-order valence-corrected chi connectivity index (χ3v) is 3.14. The second-order valence-corrected chi connectivity index (χ2v) is 4.57. The Balaban J connectivity index is 2.91. The molecule has 0 saturated carbocycles. The van der Waals surface area contributed by atoms with Crippen molar-refractivity contribution in [3.05, 3.63) is 22.4 Å². The Morgan fingerprint density at radius 3 is 2.46 bits per heavy atom. The first-order valence-electron chi connectivity index (χ1n) is 4.20. The highest BCUT2D eigenvalue weighted by Gasteiger charge is 2.30. The Bertz CT molecular complexity index is 288. The first-order chi connectivity index (χ1) is 5.96. The van der Waals surface area contributed by atoms with Crippen LogP contribution < -0.4 is 0 Å². The predicted octanol–water partition coefficient (Wildman–Crippen LogP) is 2.27. The van der Waals surface area contributed by atoms with E-state index >= 15 is 0 Å². The Morgan fingerprint density at radius 2 is 2.08 bits per heavy atom. The molecule has 1 heterocycles. The van der Waals surface area contributed by atoms with Crippen LogP contribution in [0.2, 0.25) is 0 Å². The maximum Gasteiger partial charge on any atom is 0.183 e. The predicted molar refractivity (Wildman–Crippen MR) is 56.4 cm³/mol. The number of hydrogen-bond donors (Lipinski definition) is 0. The van der Waals surface area contributed by atoms with Gasteiger partial charge in [-0.05, 0) is 39.4 Å². The summed E-state index contributed by atoms with van der Waals surface area (Å²) in [4.78, 5) is 13.9. The number of carbonyl (C=O) groups is 1. The van der Waals surface area contributed by atoms with Crippen molar-refractivity contribution in [1.29, 1.82) is 0 Å². The molecule has 0 bridgehead atoms. The summed E-state index contributed by atoms with van der Waals surface area (Å²) in [6, 6.07) is 1.87. The third kappa shape index (κ3) is 1.98. The zero-order valence-electron chi connectivity index (χ0n) is 8.50. The van der Waals surface area contributed by atoms with Crippen LogP contribution >= 0.6 is 11.3 Å². The fourth-order valence-electron chi connectivity index (χ4n) is 0.950. The lowest BCUT2D eigenvalue weighted by Gasteiger charge is -2.30. The fourth-order valence-corrected chi connectivity index (χ4v) is 1.59. The Hall–Kier alpha value is -0.670. The second-order valence-electron chi connectivity index (χ2n) is 3.79. The van der Waals surface area contributed by atoms with Crippen LogP contribution in [0.25, 0.3) is 0 Å². The highest BCUT2D eigenvalue weighted by molar-refractivity contribution is 7.08. The number of nitrogens with zero attached hydrogens (tertiary/aromatic N) is 1. The van der Waals surface area contributed by atoms with Crippen LogP contribution in [0.4, 0.5) is 0 Å². The average Bonchev–Trinajstić information content (AvgIpc) is 2.54.